The number of hydrogen-bond donors (Lipinski definition) is 2. The van der Waals surface area contributed by atoms with Crippen molar-refractivity contribution in [2.24, 2.45) is 10.7 Å². The molecule has 0 saturated heterocycles. The molecule has 2 amide bonds. The molecule has 2 rings (SSSR count). The first-order chi connectivity index (χ1) is 7.66. The zero-order chi connectivity index (χ0) is 11.5. The third kappa shape index (κ3) is 2.22. The Morgan fingerprint density at radius 1 is 1.38 bits per heavy atom. The summed E-state index contributed by atoms with van der Waals surface area (Å²) in [6, 6.07) is 9.23. The SMILES string of the molecule is NC(=O)C1=NC(=O)C(Nc2ccccc2)S1. The number of nitrogens with zero attached hydrogens (tertiary/aromatic N) is 1. The molecule has 82 valence electrons. The van der Waals surface area contributed by atoms with Crippen LogP contribution in [0.15, 0.2) is 35.3 Å². The standard InChI is InChI=1S/C10H9N3O2S/c11-7(14)9-13-8(15)10(16-9)12-6-4-2-1-3-5-6/h1-5,10,12H,(H2,11,14). The first kappa shape index (κ1) is 10.7. The molecule has 16 heavy (non-hydrogen) atoms. The van der Waals surface area contributed by atoms with Crippen LogP contribution in [0.25, 0.3) is 0 Å². The zero-order valence-corrected chi connectivity index (χ0v) is 9.03. The molecule has 1 aromatic carbocycles. The van der Waals surface area contributed by atoms with Gasteiger partial charge < -0.3 is 11.1 Å². The molecule has 1 aliphatic rings. The smallest absolute Gasteiger partial charge is 0.280 e. The van der Waals surface area contributed by atoms with E-state index in [0.717, 1.165) is 17.4 Å². The Kier molecular flexibility index (Phi) is 2.91. The Labute approximate surface area is 96.1 Å². The Morgan fingerprint density at radius 2 is 2.06 bits per heavy atom. The van der Waals surface area contributed by atoms with Crippen molar-refractivity contribution < 1.29 is 9.59 Å². The van der Waals surface area contributed by atoms with E-state index in [1.165, 1.54) is 0 Å². The van der Waals surface area contributed by atoms with Gasteiger partial charge in [-0.25, -0.2) is 0 Å². The van der Waals surface area contributed by atoms with Crippen LogP contribution in [0.2, 0.25) is 0 Å². The summed E-state index contributed by atoms with van der Waals surface area (Å²) in [5, 5.41) is 2.46. The molecule has 0 radical (unpaired) electrons. The van der Waals surface area contributed by atoms with Crippen molar-refractivity contribution in [1.29, 1.82) is 0 Å². The Hall–Kier alpha value is -1.82. The lowest BCUT2D eigenvalue weighted by atomic mass is 10.3. The van der Waals surface area contributed by atoms with Gasteiger partial charge >= 0.3 is 0 Å². The number of rotatable bonds is 3. The van der Waals surface area contributed by atoms with Crippen molar-refractivity contribution >= 4 is 34.3 Å². The van der Waals surface area contributed by atoms with E-state index >= 15 is 0 Å². The minimum atomic E-state index is -0.671. The second-order valence-corrected chi connectivity index (χ2v) is 4.22. The Balaban J connectivity index is 2.05. The van der Waals surface area contributed by atoms with E-state index < -0.39 is 11.3 Å². The van der Waals surface area contributed by atoms with Crippen LogP contribution in [0.3, 0.4) is 0 Å². The van der Waals surface area contributed by atoms with E-state index in [0.29, 0.717) is 0 Å². The van der Waals surface area contributed by atoms with E-state index in [2.05, 4.69) is 10.3 Å². The predicted molar refractivity (Wildman–Crippen MR) is 63.1 cm³/mol. The van der Waals surface area contributed by atoms with Gasteiger partial charge in [0, 0.05) is 5.69 Å². The van der Waals surface area contributed by atoms with Crippen molar-refractivity contribution in [3.8, 4) is 0 Å². The van der Waals surface area contributed by atoms with E-state index in [1.54, 1.807) is 0 Å². The number of hydrogen-bond acceptors (Lipinski definition) is 4. The fraction of sp³-hybridized carbons (Fsp3) is 0.100. The lowest BCUT2D eigenvalue weighted by Crippen LogP contribution is -2.23. The maximum atomic E-state index is 11.4. The van der Waals surface area contributed by atoms with Crippen LogP contribution in [0.1, 0.15) is 0 Å². The van der Waals surface area contributed by atoms with Gasteiger partial charge in [0.05, 0.1) is 0 Å². The fourth-order valence-corrected chi connectivity index (χ4v) is 2.07. The van der Waals surface area contributed by atoms with Crippen molar-refractivity contribution in [2.45, 2.75) is 5.37 Å². The number of carbonyl (C=O) groups excluding carboxylic acids is 2. The van der Waals surface area contributed by atoms with Crippen LogP contribution in [-0.2, 0) is 9.59 Å². The number of para-hydroxylation sites is 1. The summed E-state index contributed by atoms with van der Waals surface area (Å²) in [5.41, 5.74) is 5.85. The molecule has 5 nitrogen and oxygen atoms in total. The minimum absolute atomic E-state index is 0.0541. The Morgan fingerprint density at radius 3 is 2.62 bits per heavy atom. The first-order valence-corrected chi connectivity index (χ1v) is 5.45. The van der Waals surface area contributed by atoms with Gasteiger partial charge in [-0.15, -0.1) is 0 Å². The van der Waals surface area contributed by atoms with Gasteiger partial charge in [0.25, 0.3) is 11.8 Å². The van der Waals surface area contributed by atoms with Crippen LogP contribution in [0.5, 0.6) is 0 Å². The van der Waals surface area contributed by atoms with Crippen LogP contribution in [0.4, 0.5) is 5.69 Å². The molecular weight excluding hydrogens is 226 g/mol. The number of anilines is 1. The summed E-state index contributed by atoms with van der Waals surface area (Å²) in [6.45, 7) is 0. The summed E-state index contributed by atoms with van der Waals surface area (Å²) in [5.74, 6) is -1.06. The largest absolute Gasteiger partial charge is 0.365 e. The molecule has 0 aromatic heterocycles. The average Bonchev–Trinajstić information content (AvgIpc) is 2.62. The van der Waals surface area contributed by atoms with E-state index in [1.807, 2.05) is 30.3 Å². The molecule has 0 spiro atoms. The predicted octanol–water partition coefficient (Wildman–Crippen LogP) is 0.582. The number of amides is 2. The summed E-state index contributed by atoms with van der Waals surface area (Å²) >= 11 is 1.04. The second kappa shape index (κ2) is 4.36. The van der Waals surface area contributed by atoms with Gasteiger partial charge in [-0.1, -0.05) is 30.0 Å². The average molecular weight is 235 g/mol. The third-order valence-corrected chi connectivity index (χ3v) is 3.02. The topological polar surface area (TPSA) is 84.6 Å². The van der Waals surface area contributed by atoms with Crippen LogP contribution in [0, 0.1) is 0 Å². The molecule has 0 aliphatic carbocycles. The molecular formula is C10H9N3O2S. The van der Waals surface area contributed by atoms with E-state index in [9.17, 15) is 9.59 Å². The van der Waals surface area contributed by atoms with Crippen molar-refractivity contribution in [2.75, 3.05) is 5.32 Å². The second-order valence-electron chi connectivity index (χ2n) is 3.13. The van der Waals surface area contributed by atoms with Crippen LogP contribution in [-0.4, -0.2) is 22.2 Å². The van der Waals surface area contributed by atoms with Gasteiger partial charge in [0.15, 0.2) is 10.4 Å². The normalized spacial score (nSPS) is 19.4. The third-order valence-electron chi connectivity index (χ3n) is 1.95. The number of nitrogens with two attached hydrogens (primary N) is 1. The van der Waals surface area contributed by atoms with E-state index in [-0.39, 0.29) is 11.0 Å². The first-order valence-electron chi connectivity index (χ1n) is 4.57. The maximum Gasteiger partial charge on any atom is 0.280 e. The highest BCUT2D eigenvalue weighted by molar-refractivity contribution is 8.17. The lowest BCUT2D eigenvalue weighted by molar-refractivity contribution is -0.117. The van der Waals surface area contributed by atoms with Crippen molar-refractivity contribution in [1.82, 2.24) is 0 Å². The van der Waals surface area contributed by atoms with Gasteiger partial charge in [-0.05, 0) is 12.1 Å². The number of primary amides is 1. The summed E-state index contributed by atoms with van der Waals surface area (Å²) in [4.78, 5) is 25.8. The quantitative estimate of drug-likeness (QED) is 0.802. The highest BCUT2D eigenvalue weighted by Gasteiger charge is 2.30. The molecule has 6 heteroatoms. The maximum absolute atomic E-state index is 11.4. The fourth-order valence-electron chi connectivity index (χ4n) is 1.24. The molecule has 1 unspecified atom stereocenters. The van der Waals surface area contributed by atoms with Crippen LogP contribution >= 0.6 is 11.8 Å². The minimum Gasteiger partial charge on any atom is -0.365 e. The highest BCUT2D eigenvalue weighted by atomic mass is 32.2. The molecule has 3 N–H and O–H groups in total. The molecule has 0 bridgehead atoms. The number of benzene rings is 1. The summed E-state index contributed by atoms with van der Waals surface area (Å²) < 4.78 is 0. The molecule has 0 saturated carbocycles. The summed E-state index contributed by atoms with van der Waals surface area (Å²) in [6.07, 6.45) is 0. The molecule has 1 aromatic rings. The van der Waals surface area contributed by atoms with Gasteiger partial charge in [0.1, 0.15) is 0 Å². The van der Waals surface area contributed by atoms with Crippen molar-refractivity contribution in [3.05, 3.63) is 30.3 Å². The number of thioether (sulfide) groups is 1. The highest BCUT2D eigenvalue weighted by Crippen LogP contribution is 2.23. The monoisotopic (exact) mass is 235 g/mol. The molecule has 1 aliphatic heterocycles. The van der Waals surface area contributed by atoms with Gasteiger partial charge in [-0.3, -0.25) is 9.59 Å². The zero-order valence-electron chi connectivity index (χ0n) is 8.21. The number of aliphatic imine (C=N–C) groups is 1. The molecule has 1 heterocycles. The number of nitrogens with one attached hydrogen (secondary N) is 1. The molecule has 1 atom stereocenters. The van der Waals surface area contributed by atoms with Gasteiger partial charge in [-0.2, -0.15) is 4.99 Å². The Bertz CT molecular complexity index is 458. The number of carbonyl (C=O) groups is 2. The van der Waals surface area contributed by atoms with E-state index in [4.69, 9.17) is 5.73 Å². The van der Waals surface area contributed by atoms with Crippen LogP contribution < -0.4 is 11.1 Å². The lowest BCUT2D eigenvalue weighted by Gasteiger charge is -2.10. The van der Waals surface area contributed by atoms with Crippen molar-refractivity contribution in [3.63, 3.8) is 0 Å². The molecule has 0 fully saturated rings. The summed E-state index contributed by atoms with van der Waals surface area (Å²) in [7, 11) is 0. The van der Waals surface area contributed by atoms with Gasteiger partial charge in [0.2, 0.25) is 0 Å².